The van der Waals surface area contributed by atoms with Gasteiger partial charge in [-0.1, -0.05) is 11.6 Å². The second kappa shape index (κ2) is 12.4. The molecule has 214 valence electrons. The van der Waals surface area contributed by atoms with Gasteiger partial charge in [0.15, 0.2) is 0 Å². The highest BCUT2D eigenvalue weighted by atomic mass is 32.2. The number of methoxy groups -OCH3 is 2. The molecular formula is C28H35N5O6S. The van der Waals surface area contributed by atoms with Gasteiger partial charge in [0.05, 0.1) is 20.8 Å². The van der Waals surface area contributed by atoms with Crippen LogP contribution in [0.5, 0.6) is 11.5 Å². The van der Waals surface area contributed by atoms with Crippen molar-refractivity contribution >= 4 is 21.6 Å². The molecule has 12 heteroatoms. The fourth-order valence-electron chi connectivity index (χ4n) is 5.17. The largest absolute Gasteiger partial charge is 0.497 e. The van der Waals surface area contributed by atoms with Gasteiger partial charge < -0.3 is 19.3 Å². The second-order valence-electron chi connectivity index (χ2n) is 10.1. The Morgan fingerprint density at radius 2 is 1.73 bits per heavy atom. The number of benzene rings is 2. The predicted octanol–water partition coefficient (Wildman–Crippen LogP) is 3.78. The Morgan fingerprint density at radius 1 is 1.00 bits per heavy atom. The van der Waals surface area contributed by atoms with Crippen LogP contribution in [0.2, 0.25) is 0 Å². The zero-order valence-corrected chi connectivity index (χ0v) is 23.7. The van der Waals surface area contributed by atoms with E-state index in [-0.39, 0.29) is 22.5 Å². The van der Waals surface area contributed by atoms with E-state index in [4.69, 9.17) is 14.0 Å². The van der Waals surface area contributed by atoms with Crippen LogP contribution >= 0.6 is 0 Å². The summed E-state index contributed by atoms with van der Waals surface area (Å²) in [4.78, 5) is 19.9. The van der Waals surface area contributed by atoms with Crippen LogP contribution in [0.25, 0.3) is 11.4 Å². The van der Waals surface area contributed by atoms with E-state index in [2.05, 4.69) is 20.4 Å². The van der Waals surface area contributed by atoms with Gasteiger partial charge in [-0.15, -0.1) is 0 Å². The summed E-state index contributed by atoms with van der Waals surface area (Å²) in [7, 11) is -0.652. The van der Waals surface area contributed by atoms with Gasteiger partial charge in [0.25, 0.3) is 0 Å². The van der Waals surface area contributed by atoms with E-state index < -0.39 is 10.0 Å². The third kappa shape index (κ3) is 6.29. The average Bonchev–Trinajstić information content (AvgIpc) is 3.46. The number of aromatic nitrogens is 2. The number of hydrogen-bond donors (Lipinski definition) is 1. The Bertz CT molecular complexity index is 1410. The van der Waals surface area contributed by atoms with E-state index in [0.717, 1.165) is 30.6 Å². The molecule has 2 saturated heterocycles. The normalized spacial score (nSPS) is 17.4. The van der Waals surface area contributed by atoms with Crippen LogP contribution in [-0.4, -0.2) is 74.1 Å². The van der Waals surface area contributed by atoms with Crippen molar-refractivity contribution in [2.24, 2.45) is 5.92 Å². The highest BCUT2D eigenvalue weighted by Gasteiger charge is 2.30. The summed E-state index contributed by atoms with van der Waals surface area (Å²) in [5.74, 6) is 1.77. The SMILES string of the molecule is COc1ccc(-c2noc(CN3CCC(C(=O)Nc4ccc(OC)c(S(=O)(=O)N5CCCCC5)c4)CC3)n2)cc1. The van der Waals surface area contributed by atoms with E-state index in [0.29, 0.717) is 63.0 Å². The molecule has 1 N–H and O–H groups in total. The highest BCUT2D eigenvalue weighted by Crippen LogP contribution is 2.32. The van der Waals surface area contributed by atoms with Crippen molar-refractivity contribution in [3.05, 3.63) is 48.4 Å². The Kier molecular flexibility index (Phi) is 8.67. The number of rotatable bonds is 9. The molecule has 0 saturated carbocycles. The quantitative estimate of drug-likeness (QED) is 0.410. The van der Waals surface area contributed by atoms with Crippen LogP contribution in [0.15, 0.2) is 51.9 Å². The maximum Gasteiger partial charge on any atom is 0.246 e. The molecule has 0 radical (unpaired) electrons. The number of sulfonamides is 1. The molecule has 2 aliphatic rings. The van der Waals surface area contributed by atoms with Crippen molar-refractivity contribution in [2.45, 2.75) is 43.5 Å². The minimum Gasteiger partial charge on any atom is -0.497 e. The summed E-state index contributed by atoms with van der Waals surface area (Å²) in [6.07, 6.45) is 4.04. The molecule has 2 aromatic carbocycles. The molecule has 3 heterocycles. The second-order valence-corrected chi connectivity index (χ2v) is 12.0. The molecule has 0 bridgehead atoms. The molecule has 0 atom stereocenters. The van der Waals surface area contributed by atoms with Crippen molar-refractivity contribution in [3.8, 4) is 22.9 Å². The smallest absolute Gasteiger partial charge is 0.246 e. The number of carbonyl (C=O) groups excluding carboxylic acids is 1. The molecule has 1 aromatic heterocycles. The van der Waals surface area contributed by atoms with Crippen LogP contribution in [0.4, 0.5) is 5.69 Å². The molecule has 0 aliphatic carbocycles. The summed E-state index contributed by atoms with van der Waals surface area (Å²) < 4.78 is 44.1. The summed E-state index contributed by atoms with van der Waals surface area (Å²) in [5.41, 5.74) is 1.29. The van der Waals surface area contributed by atoms with Crippen LogP contribution < -0.4 is 14.8 Å². The first kappa shape index (κ1) is 28.1. The highest BCUT2D eigenvalue weighted by molar-refractivity contribution is 7.89. The summed E-state index contributed by atoms with van der Waals surface area (Å²) in [6.45, 7) is 2.90. The maximum atomic E-state index is 13.3. The van der Waals surface area contributed by atoms with Crippen molar-refractivity contribution in [1.82, 2.24) is 19.3 Å². The Balaban J connectivity index is 1.17. The number of nitrogens with zero attached hydrogens (tertiary/aromatic N) is 4. The first-order valence-corrected chi connectivity index (χ1v) is 15.0. The zero-order valence-electron chi connectivity index (χ0n) is 22.8. The van der Waals surface area contributed by atoms with Crippen molar-refractivity contribution in [3.63, 3.8) is 0 Å². The minimum atomic E-state index is -3.72. The molecule has 2 fully saturated rings. The van der Waals surface area contributed by atoms with Gasteiger partial charge in [0.1, 0.15) is 16.4 Å². The number of likely N-dealkylation sites (tertiary alicyclic amines) is 1. The first-order chi connectivity index (χ1) is 19.4. The zero-order chi connectivity index (χ0) is 28.1. The van der Waals surface area contributed by atoms with Gasteiger partial charge in [0.2, 0.25) is 27.6 Å². The first-order valence-electron chi connectivity index (χ1n) is 13.6. The lowest BCUT2D eigenvalue weighted by Crippen LogP contribution is -2.38. The monoisotopic (exact) mass is 569 g/mol. The molecule has 11 nitrogen and oxygen atoms in total. The number of piperidine rings is 2. The molecule has 1 amide bonds. The molecule has 40 heavy (non-hydrogen) atoms. The molecule has 5 rings (SSSR count). The molecule has 2 aliphatic heterocycles. The molecule has 0 spiro atoms. The van der Waals surface area contributed by atoms with E-state index >= 15 is 0 Å². The number of amides is 1. The van der Waals surface area contributed by atoms with E-state index in [1.165, 1.54) is 17.5 Å². The van der Waals surface area contributed by atoms with Gasteiger partial charge in [-0.05, 0) is 81.2 Å². The van der Waals surface area contributed by atoms with Crippen LogP contribution in [-0.2, 0) is 21.4 Å². The number of carbonyl (C=O) groups is 1. The van der Waals surface area contributed by atoms with Gasteiger partial charge in [-0.3, -0.25) is 9.69 Å². The fraction of sp³-hybridized carbons (Fsp3) is 0.464. The standard InChI is InChI=1S/C28H35N5O6S/c1-37-23-9-6-20(7-10-23)27-30-26(39-31-27)19-32-16-12-21(13-17-32)28(34)29-22-8-11-24(38-2)25(18-22)40(35,36)33-14-4-3-5-15-33/h6-11,18,21H,3-5,12-17,19H2,1-2H3,(H,29,34). The van der Waals surface area contributed by atoms with Gasteiger partial charge >= 0.3 is 0 Å². The van der Waals surface area contributed by atoms with E-state index in [1.54, 1.807) is 19.2 Å². The number of ether oxygens (including phenoxy) is 2. The fourth-order valence-corrected chi connectivity index (χ4v) is 6.86. The van der Waals surface area contributed by atoms with Gasteiger partial charge in [-0.2, -0.15) is 9.29 Å². The Hall–Kier alpha value is -3.48. The average molecular weight is 570 g/mol. The van der Waals surface area contributed by atoms with Gasteiger partial charge in [0, 0.05) is 30.3 Å². The minimum absolute atomic E-state index is 0.0816. The topological polar surface area (TPSA) is 127 Å². The number of anilines is 1. The lowest BCUT2D eigenvalue weighted by atomic mass is 9.96. The molecule has 3 aromatic rings. The summed E-state index contributed by atoms with van der Waals surface area (Å²) >= 11 is 0. The third-order valence-corrected chi connectivity index (χ3v) is 9.42. The Morgan fingerprint density at radius 3 is 2.40 bits per heavy atom. The molecular weight excluding hydrogens is 534 g/mol. The summed E-state index contributed by atoms with van der Waals surface area (Å²) in [5, 5.41) is 7.02. The van der Waals surface area contributed by atoms with Crippen molar-refractivity contribution in [1.29, 1.82) is 0 Å². The van der Waals surface area contributed by atoms with E-state index in [9.17, 15) is 13.2 Å². The number of hydrogen-bond acceptors (Lipinski definition) is 9. The van der Waals surface area contributed by atoms with Crippen molar-refractivity contribution < 1.29 is 27.2 Å². The van der Waals surface area contributed by atoms with Crippen molar-refractivity contribution in [2.75, 3.05) is 45.7 Å². The lowest BCUT2D eigenvalue weighted by Gasteiger charge is -2.30. The predicted molar refractivity (Wildman–Crippen MR) is 149 cm³/mol. The van der Waals surface area contributed by atoms with Crippen LogP contribution in [0, 0.1) is 5.92 Å². The Labute approximate surface area is 234 Å². The van der Waals surface area contributed by atoms with Crippen LogP contribution in [0.1, 0.15) is 38.0 Å². The van der Waals surface area contributed by atoms with E-state index in [1.807, 2.05) is 24.3 Å². The van der Waals surface area contributed by atoms with Crippen LogP contribution in [0.3, 0.4) is 0 Å². The summed E-state index contributed by atoms with van der Waals surface area (Å²) in [6, 6.07) is 12.2. The maximum absolute atomic E-state index is 13.3. The third-order valence-electron chi connectivity index (χ3n) is 7.50. The molecule has 0 unspecified atom stereocenters. The van der Waals surface area contributed by atoms with Gasteiger partial charge in [-0.25, -0.2) is 8.42 Å². The number of nitrogens with one attached hydrogen (secondary N) is 1. The lowest BCUT2D eigenvalue weighted by molar-refractivity contribution is -0.121.